The number of halogens is 2. The summed E-state index contributed by atoms with van der Waals surface area (Å²) in [6, 6.07) is 16.5. The molecule has 2 aromatic carbocycles. The van der Waals surface area contributed by atoms with Crippen molar-refractivity contribution >= 4 is 38.4 Å². The van der Waals surface area contributed by atoms with Gasteiger partial charge in [-0.25, -0.2) is 0 Å². The summed E-state index contributed by atoms with van der Waals surface area (Å²) in [4.78, 5) is 4.43. The third-order valence-electron chi connectivity index (χ3n) is 3.53. The Morgan fingerprint density at radius 3 is 2.62 bits per heavy atom. The van der Waals surface area contributed by atoms with E-state index in [0.717, 1.165) is 20.9 Å². The number of hydrogen-bond acceptors (Lipinski definition) is 2. The molecule has 1 heterocycles. The molecule has 1 aromatic heterocycles. The summed E-state index contributed by atoms with van der Waals surface area (Å²) in [6.07, 6.45) is 1.82. The molecule has 0 aliphatic carbocycles. The van der Waals surface area contributed by atoms with Crippen LogP contribution in [0.3, 0.4) is 0 Å². The number of hydrogen-bond donors (Lipinski definition) is 1. The van der Waals surface area contributed by atoms with Crippen LogP contribution in [0.1, 0.15) is 17.2 Å². The van der Waals surface area contributed by atoms with E-state index < -0.39 is 0 Å². The number of nitrogens with zero attached hydrogens (tertiary/aromatic N) is 1. The van der Waals surface area contributed by atoms with Gasteiger partial charge in [-0.05, 0) is 58.4 Å². The molecule has 1 N–H and O–H groups in total. The standard InChI is InChI=1S/C17H14BrClN2/c1-20-17(12-6-7-15(19)14(18)9-12)13-5-4-11-3-2-8-21-16(11)10-13/h2-10,17,20H,1H3. The Kier molecular flexibility index (Phi) is 4.24. The number of nitrogens with one attached hydrogen (secondary N) is 1. The normalized spacial score (nSPS) is 12.5. The highest BCUT2D eigenvalue weighted by Gasteiger charge is 2.13. The Balaban J connectivity index is 2.06. The van der Waals surface area contributed by atoms with E-state index in [2.05, 4.69) is 50.5 Å². The lowest BCUT2D eigenvalue weighted by molar-refractivity contribution is 0.692. The highest BCUT2D eigenvalue weighted by atomic mass is 79.9. The third-order valence-corrected chi connectivity index (χ3v) is 4.74. The maximum absolute atomic E-state index is 6.08. The molecule has 4 heteroatoms. The van der Waals surface area contributed by atoms with Crippen LogP contribution < -0.4 is 5.32 Å². The second kappa shape index (κ2) is 6.14. The van der Waals surface area contributed by atoms with Crippen molar-refractivity contribution in [1.82, 2.24) is 10.3 Å². The summed E-state index contributed by atoms with van der Waals surface area (Å²) in [5.41, 5.74) is 3.34. The first-order valence-electron chi connectivity index (χ1n) is 6.66. The van der Waals surface area contributed by atoms with Gasteiger partial charge in [-0.2, -0.15) is 0 Å². The van der Waals surface area contributed by atoms with E-state index in [4.69, 9.17) is 11.6 Å². The van der Waals surface area contributed by atoms with E-state index in [1.165, 1.54) is 5.56 Å². The zero-order valence-corrected chi connectivity index (χ0v) is 13.8. The quantitative estimate of drug-likeness (QED) is 0.713. The predicted octanol–water partition coefficient (Wildman–Crippen LogP) is 4.96. The molecular weight excluding hydrogens is 348 g/mol. The maximum atomic E-state index is 6.08. The van der Waals surface area contributed by atoms with E-state index in [1.54, 1.807) is 0 Å². The smallest absolute Gasteiger partial charge is 0.0705 e. The zero-order chi connectivity index (χ0) is 14.8. The number of pyridine rings is 1. The Morgan fingerprint density at radius 1 is 1.10 bits per heavy atom. The topological polar surface area (TPSA) is 24.9 Å². The van der Waals surface area contributed by atoms with Gasteiger partial charge in [0.25, 0.3) is 0 Å². The van der Waals surface area contributed by atoms with Crippen molar-refractivity contribution in [3.05, 3.63) is 75.4 Å². The van der Waals surface area contributed by atoms with Crippen LogP contribution in [0.25, 0.3) is 10.9 Å². The molecule has 21 heavy (non-hydrogen) atoms. The molecule has 0 saturated heterocycles. The number of benzene rings is 2. The molecule has 0 bridgehead atoms. The summed E-state index contributed by atoms with van der Waals surface area (Å²) in [7, 11) is 1.95. The first-order valence-corrected chi connectivity index (χ1v) is 7.83. The van der Waals surface area contributed by atoms with Crippen LogP contribution in [0.5, 0.6) is 0 Å². The minimum absolute atomic E-state index is 0.102. The maximum Gasteiger partial charge on any atom is 0.0705 e. The Labute approximate surface area is 137 Å². The number of fused-ring (bicyclic) bond motifs is 1. The van der Waals surface area contributed by atoms with Crippen LogP contribution in [-0.4, -0.2) is 12.0 Å². The van der Waals surface area contributed by atoms with Crippen molar-refractivity contribution in [3.8, 4) is 0 Å². The Hall–Kier alpha value is -1.42. The summed E-state index contributed by atoms with van der Waals surface area (Å²) in [6.45, 7) is 0. The highest BCUT2D eigenvalue weighted by molar-refractivity contribution is 9.10. The molecule has 0 fully saturated rings. The molecule has 0 aliphatic rings. The van der Waals surface area contributed by atoms with E-state index in [0.29, 0.717) is 5.02 Å². The minimum Gasteiger partial charge on any atom is -0.309 e. The largest absolute Gasteiger partial charge is 0.309 e. The molecule has 3 aromatic rings. The van der Waals surface area contributed by atoms with Crippen LogP contribution in [0.4, 0.5) is 0 Å². The Bertz CT molecular complexity index is 789. The highest BCUT2D eigenvalue weighted by Crippen LogP contribution is 2.30. The van der Waals surface area contributed by atoms with E-state index in [-0.39, 0.29) is 6.04 Å². The monoisotopic (exact) mass is 360 g/mol. The number of rotatable bonds is 3. The van der Waals surface area contributed by atoms with Gasteiger partial charge in [0.2, 0.25) is 0 Å². The summed E-state index contributed by atoms with van der Waals surface area (Å²) >= 11 is 9.56. The predicted molar refractivity (Wildman–Crippen MR) is 91.8 cm³/mol. The molecular formula is C17H14BrClN2. The van der Waals surface area contributed by atoms with E-state index in [9.17, 15) is 0 Å². The molecule has 0 saturated carbocycles. The lowest BCUT2D eigenvalue weighted by atomic mass is 9.98. The second-order valence-electron chi connectivity index (χ2n) is 4.85. The molecule has 0 aliphatic heterocycles. The van der Waals surface area contributed by atoms with Crippen molar-refractivity contribution < 1.29 is 0 Å². The van der Waals surface area contributed by atoms with Crippen LogP contribution in [0.15, 0.2) is 59.2 Å². The fourth-order valence-corrected chi connectivity index (χ4v) is 2.99. The van der Waals surface area contributed by atoms with Gasteiger partial charge >= 0.3 is 0 Å². The molecule has 0 amide bonds. The van der Waals surface area contributed by atoms with Crippen LogP contribution in [-0.2, 0) is 0 Å². The SMILES string of the molecule is CNC(c1ccc(Cl)c(Br)c1)c1ccc2cccnc2c1. The molecule has 1 atom stereocenters. The zero-order valence-electron chi connectivity index (χ0n) is 11.5. The van der Waals surface area contributed by atoms with Gasteiger partial charge in [0.05, 0.1) is 16.6 Å². The molecule has 106 valence electrons. The fraction of sp³-hybridized carbons (Fsp3) is 0.118. The minimum atomic E-state index is 0.102. The first kappa shape index (κ1) is 14.5. The lowest BCUT2D eigenvalue weighted by Gasteiger charge is -2.18. The van der Waals surface area contributed by atoms with Gasteiger partial charge < -0.3 is 5.32 Å². The first-order chi connectivity index (χ1) is 10.2. The molecule has 0 spiro atoms. The van der Waals surface area contributed by atoms with Crippen LogP contribution in [0, 0.1) is 0 Å². The summed E-state index contributed by atoms with van der Waals surface area (Å²) in [5.74, 6) is 0. The molecule has 3 rings (SSSR count). The third kappa shape index (κ3) is 2.95. The van der Waals surface area contributed by atoms with Gasteiger partial charge in [0.1, 0.15) is 0 Å². The molecule has 1 unspecified atom stereocenters. The van der Waals surface area contributed by atoms with E-state index >= 15 is 0 Å². The van der Waals surface area contributed by atoms with Gasteiger partial charge in [-0.1, -0.05) is 35.9 Å². The summed E-state index contributed by atoms with van der Waals surface area (Å²) < 4.78 is 0.904. The van der Waals surface area contributed by atoms with Gasteiger partial charge in [0, 0.05) is 16.1 Å². The van der Waals surface area contributed by atoms with Crippen molar-refractivity contribution in [1.29, 1.82) is 0 Å². The average molecular weight is 362 g/mol. The molecule has 2 nitrogen and oxygen atoms in total. The Morgan fingerprint density at radius 2 is 1.86 bits per heavy atom. The van der Waals surface area contributed by atoms with Gasteiger partial charge in [-0.3, -0.25) is 4.98 Å². The van der Waals surface area contributed by atoms with Crippen LogP contribution >= 0.6 is 27.5 Å². The number of aromatic nitrogens is 1. The van der Waals surface area contributed by atoms with E-state index in [1.807, 2.05) is 37.5 Å². The van der Waals surface area contributed by atoms with Crippen LogP contribution in [0.2, 0.25) is 5.02 Å². The summed E-state index contributed by atoms with van der Waals surface area (Å²) in [5, 5.41) is 5.22. The van der Waals surface area contributed by atoms with Gasteiger partial charge in [-0.15, -0.1) is 0 Å². The molecule has 0 radical (unpaired) electrons. The lowest BCUT2D eigenvalue weighted by Crippen LogP contribution is -2.17. The average Bonchev–Trinajstić information content (AvgIpc) is 2.51. The fourth-order valence-electron chi connectivity index (χ4n) is 2.48. The second-order valence-corrected chi connectivity index (χ2v) is 6.11. The van der Waals surface area contributed by atoms with Crippen molar-refractivity contribution in [3.63, 3.8) is 0 Å². The van der Waals surface area contributed by atoms with Gasteiger partial charge in [0.15, 0.2) is 0 Å². The van der Waals surface area contributed by atoms with Crippen molar-refractivity contribution in [2.45, 2.75) is 6.04 Å². The van der Waals surface area contributed by atoms with Crippen molar-refractivity contribution in [2.75, 3.05) is 7.05 Å². The van der Waals surface area contributed by atoms with Crippen molar-refractivity contribution in [2.24, 2.45) is 0 Å².